The third-order valence-electron chi connectivity index (χ3n) is 4.55. The number of rotatable bonds is 3. The van der Waals surface area contributed by atoms with Gasteiger partial charge in [-0.05, 0) is 39.4 Å². The maximum absolute atomic E-state index is 12.9. The van der Waals surface area contributed by atoms with Crippen molar-refractivity contribution in [2.75, 3.05) is 27.2 Å². The summed E-state index contributed by atoms with van der Waals surface area (Å²) in [6.45, 7) is 7.98. The van der Waals surface area contributed by atoms with Crippen LogP contribution in [-0.2, 0) is 10.2 Å². The molecule has 1 heterocycles. The lowest BCUT2D eigenvalue weighted by Gasteiger charge is -2.30. The zero-order chi connectivity index (χ0) is 14.9. The number of likely N-dealkylation sites (N-methyl/N-ethyl adjacent to an activating group) is 1. The molecule has 1 aliphatic rings. The van der Waals surface area contributed by atoms with Gasteiger partial charge < -0.3 is 9.80 Å². The van der Waals surface area contributed by atoms with Crippen LogP contribution in [0.1, 0.15) is 26.3 Å². The molecule has 0 radical (unpaired) electrons. The van der Waals surface area contributed by atoms with Crippen LogP contribution in [0.15, 0.2) is 30.3 Å². The number of hydrogen-bond donors (Lipinski definition) is 0. The van der Waals surface area contributed by atoms with E-state index in [0.29, 0.717) is 12.0 Å². The molecule has 1 fully saturated rings. The standard InChI is InChI=1S/C17H26N2O/c1-13-11-19(12-15(13)18(4)5)16(20)17(2,3)14-9-7-6-8-10-14/h6-10,13,15H,11-12H2,1-5H3. The minimum Gasteiger partial charge on any atom is -0.340 e. The van der Waals surface area contributed by atoms with Crippen molar-refractivity contribution >= 4 is 5.91 Å². The fourth-order valence-corrected chi connectivity index (χ4v) is 3.16. The summed E-state index contributed by atoms with van der Waals surface area (Å²) in [4.78, 5) is 17.1. The number of benzene rings is 1. The summed E-state index contributed by atoms with van der Waals surface area (Å²) in [5.74, 6) is 0.764. The second-order valence-corrected chi connectivity index (χ2v) is 6.71. The van der Waals surface area contributed by atoms with Crippen LogP contribution >= 0.6 is 0 Å². The van der Waals surface area contributed by atoms with Crippen LogP contribution in [0.2, 0.25) is 0 Å². The van der Waals surface area contributed by atoms with Crippen molar-refractivity contribution in [3.63, 3.8) is 0 Å². The van der Waals surface area contributed by atoms with E-state index in [1.54, 1.807) is 0 Å². The normalized spacial score (nSPS) is 23.4. The van der Waals surface area contributed by atoms with Gasteiger partial charge in [0.1, 0.15) is 0 Å². The van der Waals surface area contributed by atoms with E-state index in [1.165, 1.54) is 0 Å². The molecule has 2 rings (SSSR count). The molecule has 0 bridgehead atoms. The van der Waals surface area contributed by atoms with Gasteiger partial charge in [-0.15, -0.1) is 0 Å². The van der Waals surface area contributed by atoms with Crippen LogP contribution in [0.25, 0.3) is 0 Å². The summed E-state index contributed by atoms with van der Waals surface area (Å²) >= 11 is 0. The summed E-state index contributed by atoms with van der Waals surface area (Å²) < 4.78 is 0. The van der Waals surface area contributed by atoms with Crippen LogP contribution in [0.3, 0.4) is 0 Å². The van der Waals surface area contributed by atoms with E-state index in [2.05, 4.69) is 25.9 Å². The van der Waals surface area contributed by atoms with Gasteiger partial charge >= 0.3 is 0 Å². The minimum atomic E-state index is -0.456. The van der Waals surface area contributed by atoms with E-state index in [9.17, 15) is 4.79 Å². The number of carbonyl (C=O) groups is 1. The van der Waals surface area contributed by atoms with Crippen molar-refractivity contribution in [1.29, 1.82) is 0 Å². The monoisotopic (exact) mass is 274 g/mol. The Hall–Kier alpha value is -1.35. The summed E-state index contributed by atoms with van der Waals surface area (Å²) in [5.41, 5.74) is 0.633. The van der Waals surface area contributed by atoms with Crippen molar-refractivity contribution in [3.8, 4) is 0 Å². The van der Waals surface area contributed by atoms with Crippen LogP contribution in [0.5, 0.6) is 0 Å². The first-order chi connectivity index (χ1) is 9.34. The highest BCUT2D eigenvalue weighted by Crippen LogP contribution is 2.29. The molecule has 1 aliphatic heterocycles. The Morgan fingerprint density at radius 2 is 1.80 bits per heavy atom. The number of likely N-dealkylation sites (tertiary alicyclic amines) is 1. The molecule has 3 nitrogen and oxygen atoms in total. The second kappa shape index (κ2) is 5.57. The Bertz CT molecular complexity index is 467. The number of amides is 1. The first-order valence-electron chi connectivity index (χ1n) is 7.35. The summed E-state index contributed by atoms with van der Waals surface area (Å²) in [6, 6.07) is 10.5. The van der Waals surface area contributed by atoms with E-state index in [4.69, 9.17) is 0 Å². The molecular weight excluding hydrogens is 248 g/mol. The molecule has 0 saturated carbocycles. The fraction of sp³-hybridized carbons (Fsp3) is 0.588. The lowest BCUT2D eigenvalue weighted by molar-refractivity contribution is -0.135. The minimum absolute atomic E-state index is 0.236. The zero-order valence-corrected chi connectivity index (χ0v) is 13.3. The quantitative estimate of drug-likeness (QED) is 0.845. The molecule has 3 heteroatoms. The lowest BCUT2D eigenvalue weighted by Crippen LogP contribution is -2.43. The summed E-state index contributed by atoms with van der Waals surface area (Å²) in [5, 5.41) is 0. The molecule has 0 spiro atoms. The maximum Gasteiger partial charge on any atom is 0.232 e. The molecule has 1 saturated heterocycles. The predicted octanol–water partition coefficient (Wildman–Crippen LogP) is 2.37. The molecule has 0 aliphatic carbocycles. The molecule has 0 N–H and O–H groups in total. The molecule has 2 atom stereocenters. The first-order valence-corrected chi connectivity index (χ1v) is 7.35. The Morgan fingerprint density at radius 3 is 2.30 bits per heavy atom. The van der Waals surface area contributed by atoms with Crippen molar-refractivity contribution in [2.24, 2.45) is 5.92 Å². The van der Waals surface area contributed by atoms with Crippen LogP contribution in [0.4, 0.5) is 0 Å². The van der Waals surface area contributed by atoms with E-state index in [0.717, 1.165) is 18.7 Å². The SMILES string of the molecule is CC1CN(C(=O)C(C)(C)c2ccccc2)CC1N(C)C. The fourth-order valence-electron chi connectivity index (χ4n) is 3.16. The number of nitrogens with zero attached hydrogens (tertiary/aromatic N) is 2. The van der Waals surface area contributed by atoms with Crippen molar-refractivity contribution in [1.82, 2.24) is 9.80 Å². The largest absolute Gasteiger partial charge is 0.340 e. The average molecular weight is 274 g/mol. The maximum atomic E-state index is 12.9. The third kappa shape index (κ3) is 2.73. The third-order valence-corrected chi connectivity index (χ3v) is 4.55. The van der Waals surface area contributed by atoms with E-state index in [-0.39, 0.29) is 5.91 Å². The van der Waals surface area contributed by atoms with Gasteiger partial charge in [0, 0.05) is 19.1 Å². The predicted molar refractivity (Wildman–Crippen MR) is 82.7 cm³/mol. The smallest absolute Gasteiger partial charge is 0.232 e. The number of carbonyl (C=O) groups excluding carboxylic acids is 1. The van der Waals surface area contributed by atoms with Crippen molar-refractivity contribution in [3.05, 3.63) is 35.9 Å². The van der Waals surface area contributed by atoms with Gasteiger partial charge in [-0.1, -0.05) is 37.3 Å². The molecule has 20 heavy (non-hydrogen) atoms. The molecule has 0 aromatic heterocycles. The van der Waals surface area contributed by atoms with Gasteiger partial charge in [0.25, 0.3) is 0 Å². The Morgan fingerprint density at radius 1 is 1.20 bits per heavy atom. The Balaban J connectivity index is 2.16. The van der Waals surface area contributed by atoms with E-state index in [1.807, 2.05) is 49.1 Å². The highest BCUT2D eigenvalue weighted by molar-refractivity contribution is 5.87. The van der Waals surface area contributed by atoms with Crippen molar-refractivity contribution < 1.29 is 4.79 Å². The van der Waals surface area contributed by atoms with E-state index < -0.39 is 5.41 Å². The van der Waals surface area contributed by atoms with Gasteiger partial charge in [0.2, 0.25) is 5.91 Å². The zero-order valence-electron chi connectivity index (χ0n) is 13.3. The molecule has 2 unspecified atom stereocenters. The highest BCUT2D eigenvalue weighted by Gasteiger charge is 2.40. The van der Waals surface area contributed by atoms with Gasteiger partial charge in [-0.25, -0.2) is 0 Å². The van der Waals surface area contributed by atoms with Gasteiger partial charge in [0.05, 0.1) is 5.41 Å². The van der Waals surface area contributed by atoms with Gasteiger partial charge in [-0.2, -0.15) is 0 Å². The summed E-state index contributed by atoms with van der Waals surface area (Å²) in [7, 11) is 4.19. The summed E-state index contributed by atoms with van der Waals surface area (Å²) in [6.07, 6.45) is 0. The second-order valence-electron chi connectivity index (χ2n) is 6.71. The molecule has 1 amide bonds. The highest BCUT2D eigenvalue weighted by atomic mass is 16.2. The van der Waals surface area contributed by atoms with E-state index >= 15 is 0 Å². The molecule has 110 valence electrons. The molecule has 1 aromatic carbocycles. The Kier molecular flexibility index (Phi) is 4.19. The molecule has 1 aromatic rings. The topological polar surface area (TPSA) is 23.6 Å². The molecular formula is C17H26N2O. The van der Waals surface area contributed by atoms with Crippen molar-refractivity contribution in [2.45, 2.75) is 32.2 Å². The van der Waals surface area contributed by atoms with Crippen LogP contribution < -0.4 is 0 Å². The van der Waals surface area contributed by atoms with Crippen LogP contribution in [-0.4, -0.2) is 48.9 Å². The lowest BCUT2D eigenvalue weighted by atomic mass is 9.83. The number of hydrogen-bond acceptors (Lipinski definition) is 2. The van der Waals surface area contributed by atoms with Crippen LogP contribution in [0, 0.1) is 5.92 Å². The van der Waals surface area contributed by atoms with Gasteiger partial charge in [0.15, 0.2) is 0 Å². The first kappa shape index (κ1) is 15.0. The average Bonchev–Trinajstić information content (AvgIpc) is 2.81. The Labute approximate surface area is 122 Å². The van der Waals surface area contributed by atoms with Gasteiger partial charge in [-0.3, -0.25) is 4.79 Å².